The lowest BCUT2D eigenvalue weighted by atomic mass is 9.88. The van der Waals surface area contributed by atoms with Crippen LogP contribution in [0.2, 0.25) is 0 Å². The highest BCUT2D eigenvalue weighted by Gasteiger charge is 2.23. The van der Waals surface area contributed by atoms with Crippen molar-refractivity contribution in [3.8, 4) is 0 Å². The summed E-state index contributed by atoms with van der Waals surface area (Å²) >= 11 is 0. The molecule has 0 heterocycles. The van der Waals surface area contributed by atoms with E-state index in [1.807, 2.05) is 36.4 Å². The molecule has 0 saturated carbocycles. The number of benzene rings is 2. The third-order valence-electron chi connectivity index (χ3n) is 2.98. The second-order valence-electron chi connectivity index (χ2n) is 4.36. The van der Waals surface area contributed by atoms with Gasteiger partial charge >= 0.3 is 0 Å². The lowest BCUT2D eigenvalue weighted by molar-refractivity contribution is -0.118. The molecule has 19 heavy (non-hydrogen) atoms. The molecule has 0 aliphatic rings. The molecule has 0 radical (unpaired) electrons. The van der Waals surface area contributed by atoms with Gasteiger partial charge in [0.1, 0.15) is 0 Å². The minimum Gasteiger partial charge on any atom is -0.370 e. The summed E-state index contributed by atoms with van der Waals surface area (Å²) in [6.45, 7) is 0. The summed E-state index contributed by atoms with van der Waals surface area (Å²) < 4.78 is 0. The molecule has 1 amide bonds. The maximum absolute atomic E-state index is 12.5. The highest BCUT2D eigenvalue weighted by Crippen LogP contribution is 2.24. The number of primary amides is 1. The van der Waals surface area contributed by atoms with Gasteiger partial charge in [0.25, 0.3) is 0 Å². The van der Waals surface area contributed by atoms with Crippen LogP contribution in [0.1, 0.15) is 28.3 Å². The summed E-state index contributed by atoms with van der Waals surface area (Å²) in [4.78, 5) is 23.7. The first-order chi connectivity index (χ1) is 9.18. The molecule has 0 aliphatic carbocycles. The number of hydrogen-bond acceptors (Lipinski definition) is 2. The predicted octanol–water partition coefficient (Wildman–Crippen LogP) is 2.53. The fourth-order valence-electron chi connectivity index (χ4n) is 2.05. The number of Topliss-reactive ketones (excluding diaryl/α,β-unsaturated/α-hetero) is 1. The van der Waals surface area contributed by atoms with Crippen LogP contribution in [-0.4, -0.2) is 11.7 Å². The van der Waals surface area contributed by atoms with E-state index < -0.39 is 11.8 Å². The molecule has 96 valence electrons. The first-order valence-electron chi connectivity index (χ1n) is 6.11. The summed E-state index contributed by atoms with van der Waals surface area (Å²) in [5, 5.41) is 0. The molecule has 1 atom stereocenters. The Morgan fingerprint density at radius 1 is 0.895 bits per heavy atom. The van der Waals surface area contributed by atoms with Crippen LogP contribution in [-0.2, 0) is 4.79 Å². The molecule has 0 bridgehead atoms. The Morgan fingerprint density at radius 3 is 1.95 bits per heavy atom. The largest absolute Gasteiger partial charge is 0.370 e. The molecular weight excluding hydrogens is 238 g/mol. The zero-order chi connectivity index (χ0) is 13.7. The second kappa shape index (κ2) is 5.96. The highest BCUT2D eigenvalue weighted by molar-refractivity contribution is 6.02. The van der Waals surface area contributed by atoms with Crippen LogP contribution in [0.25, 0.3) is 0 Å². The highest BCUT2D eigenvalue weighted by atomic mass is 16.1. The molecule has 1 unspecified atom stereocenters. The van der Waals surface area contributed by atoms with E-state index in [1.54, 1.807) is 24.3 Å². The van der Waals surface area contributed by atoms with Crippen molar-refractivity contribution in [2.45, 2.75) is 12.3 Å². The monoisotopic (exact) mass is 253 g/mol. The normalized spacial score (nSPS) is 11.8. The fourth-order valence-corrected chi connectivity index (χ4v) is 2.05. The maximum Gasteiger partial charge on any atom is 0.218 e. The van der Waals surface area contributed by atoms with E-state index in [1.165, 1.54) is 0 Å². The van der Waals surface area contributed by atoms with Gasteiger partial charge in [-0.1, -0.05) is 60.7 Å². The molecule has 3 nitrogen and oxygen atoms in total. The molecule has 2 aromatic rings. The van der Waals surface area contributed by atoms with Crippen molar-refractivity contribution in [2.24, 2.45) is 5.73 Å². The summed E-state index contributed by atoms with van der Waals surface area (Å²) in [6.07, 6.45) is 0.0255. The van der Waals surface area contributed by atoms with Crippen LogP contribution < -0.4 is 5.73 Å². The van der Waals surface area contributed by atoms with Gasteiger partial charge in [0.05, 0.1) is 5.92 Å². The Morgan fingerprint density at radius 2 is 1.42 bits per heavy atom. The average molecular weight is 253 g/mol. The first kappa shape index (κ1) is 13.0. The lowest BCUT2D eigenvalue weighted by Gasteiger charge is -2.14. The molecule has 0 saturated heterocycles. The topological polar surface area (TPSA) is 60.2 Å². The van der Waals surface area contributed by atoms with Gasteiger partial charge in [-0.3, -0.25) is 9.59 Å². The fraction of sp³-hybridized carbons (Fsp3) is 0.125. The van der Waals surface area contributed by atoms with Crippen molar-refractivity contribution in [2.75, 3.05) is 0 Å². The number of rotatable bonds is 5. The Kier molecular flexibility index (Phi) is 4.08. The quantitative estimate of drug-likeness (QED) is 0.832. The molecule has 2 rings (SSSR count). The Labute approximate surface area is 112 Å². The van der Waals surface area contributed by atoms with E-state index in [-0.39, 0.29) is 12.2 Å². The van der Waals surface area contributed by atoms with Gasteiger partial charge in [-0.15, -0.1) is 0 Å². The van der Waals surface area contributed by atoms with E-state index in [0.29, 0.717) is 5.56 Å². The number of hydrogen-bond donors (Lipinski definition) is 1. The standard InChI is InChI=1S/C16H15NO2/c17-15(18)11-14(12-7-3-1-4-8-12)16(19)13-9-5-2-6-10-13/h1-10,14H,11H2,(H2,17,18). The number of amides is 1. The van der Waals surface area contributed by atoms with Gasteiger partial charge < -0.3 is 5.73 Å². The number of carbonyl (C=O) groups excluding carboxylic acids is 2. The van der Waals surface area contributed by atoms with Crippen molar-refractivity contribution < 1.29 is 9.59 Å². The summed E-state index contributed by atoms with van der Waals surface area (Å²) in [5.74, 6) is -1.06. The Hall–Kier alpha value is -2.42. The third kappa shape index (κ3) is 3.28. The van der Waals surface area contributed by atoms with E-state index in [2.05, 4.69) is 0 Å². The third-order valence-corrected chi connectivity index (χ3v) is 2.98. The van der Waals surface area contributed by atoms with E-state index in [9.17, 15) is 9.59 Å². The van der Waals surface area contributed by atoms with Crippen LogP contribution in [0, 0.1) is 0 Å². The zero-order valence-corrected chi connectivity index (χ0v) is 10.5. The van der Waals surface area contributed by atoms with Crippen molar-refractivity contribution in [3.63, 3.8) is 0 Å². The van der Waals surface area contributed by atoms with Crippen molar-refractivity contribution in [1.82, 2.24) is 0 Å². The van der Waals surface area contributed by atoms with Crippen molar-refractivity contribution in [3.05, 3.63) is 71.8 Å². The molecule has 0 aliphatic heterocycles. The molecule has 3 heteroatoms. The van der Waals surface area contributed by atoms with Crippen molar-refractivity contribution in [1.29, 1.82) is 0 Å². The van der Waals surface area contributed by atoms with Crippen LogP contribution in [0.15, 0.2) is 60.7 Å². The molecule has 0 aromatic heterocycles. The number of carbonyl (C=O) groups is 2. The second-order valence-corrected chi connectivity index (χ2v) is 4.36. The van der Waals surface area contributed by atoms with E-state index in [0.717, 1.165) is 5.56 Å². The first-order valence-corrected chi connectivity index (χ1v) is 6.11. The number of ketones is 1. The molecule has 2 N–H and O–H groups in total. The molecular formula is C16H15NO2. The summed E-state index contributed by atoms with van der Waals surface area (Å²) in [6, 6.07) is 18.2. The van der Waals surface area contributed by atoms with Gasteiger partial charge in [0, 0.05) is 12.0 Å². The maximum atomic E-state index is 12.5. The van der Waals surface area contributed by atoms with Gasteiger partial charge in [-0.2, -0.15) is 0 Å². The summed E-state index contributed by atoms with van der Waals surface area (Å²) in [5.41, 5.74) is 6.67. The van der Waals surface area contributed by atoms with Gasteiger partial charge in [0.2, 0.25) is 5.91 Å². The van der Waals surface area contributed by atoms with Crippen LogP contribution in [0.4, 0.5) is 0 Å². The Balaban J connectivity index is 2.33. The van der Waals surface area contributed by atoms with Crippen LogP contribution >= 0.6 is 0 Å². The van der Waals surface area contributed by atoms with Crippen molar-refractivity contribution >= 4 is 11.7 Å². The molecule has 0 fully saturated rings. The lowest BCUT2D eigenvalue weighted by Crippen LogP contribution is -2.21. The minimum absolute atomic E-state index is 0.0255. The van der Waals surface area contributed by atoms with E-state index >= 15 is 0 Å². The SMILES string of the molecule is NC(=O)CC(C(=O)c1ccccc1)c1ccccc1. The molecule has 0 spiro atoms. The van der Waals surface area contributed by atoms with Crippen LogP contribution in [0.5, 0.6) is 0 Å². The van der Waals surface area contributed by atoms with E-state index in [4.69, 9.17) is 5.73 Å². The molecule has 2 aromatic carbocycles. The van der Waals surface area contributed by atoms with Gasteiger partial charge in [-0.25, -0.2) is 0 Å². The Bertz CT molecular complexity index is 564. The smallest absolute Gasteiger partial charge is 0.218 e. The predicted molar refractivity (Wildman–Crippen MR) is 73.8 cm³/mol. The van der Waals surface area contributed by atoms with Gasteiger partial charge in [-0.05, 0) is 5.56 Å². The van der Waals surface area contributed by atoms with Gasteiger partial charge in [0.15, 0.2) is 5.78 Å². The van der Waals surface area contributed by atoms with Crippen LogP contribution in [0.3, 0.4) is 0 Å². The minimum atomic E-state index is -0.513. The number of nitrogens with two attached hydrogens (primary N) is 1. The zero-order valence-electron chi connectivity index (χ0n) is 10.5. The average Bonchev–Trinajstić information content (AvgIpc) is 2.46. The summed E-state index contributed by atoms with van der Waals surface area (Å²) in [7, 11) is 0.